The topological polar surface area (TPSA) is 116 Å². The van der Waals surface area contributed by atoms with Crippen LogP contribution in [-0.4, -0.2) is 63.0 Å². The van der Waals surface area contributed by atoms with E-state index < -0.39 is 44.0 Å². The number of methoxy groups -OCH3 is 2. The molecule has 9 nitrogen and oxygen atoms in total. The molecule has 2 aliphatic rings. The zero-order chi connectivity index (χ0) is 24.0. The lowest BCUT2D eigenvalue weighted by molar-refractivity contribution is -0.711. The van der Waals surface area contributed by atoms with Crippen molar-refractivity contribution in [3.05, 3.63) is 59.2 Å². The van der Waals surface area contributed by atoms with Gasteiger partial charge in [0, 0.05) is 17.9 Å². The highest BCUT2D eigenvalue weighted by Gasteiger charge is 2.65. The number of quaternary nitrogens is 1. The van der Waals surface area contributed by atoms with Gasteiger partial charge in [-0.15, -0.1) is 0 Å². The standard InChI is InChI=1S/C23H24N2O7S/c1-31-19-11-8-14(12-20(19)32-2)18(13-33(3,29)30)25(23(28)24-15-9-10-15)21(26)16-6-4-5-7-17(16)22(25)27/h4-8,11-12,15,18H,9-10,13H2,1-3H3/p+1. The summed E-state index contributed by atoms with van der Waals surface area (Å²) in [5.41, 5.74) is 0.471. The van der Waals surface area contributed by atoms with Crippen LogP contribution < -0.4 is 14.8 Å². The average molecular weight is 474 g/mol. The molecule has 0 spiro atoms. The summed E-state index contributed by atoms with van der Waals surface area (Å²) in [7, 11) is -0.868. The third-order valence-electron chi connectivity index (χ3n) is 5.97. The van der Waals surface area contributed by atoms with Crippen LogP contribution in [0.1, 0.15) is 45.2 Å². The van der Waals surface area contributed by atoms with Gasteiger partial charge in [0.25, 0.3) is 0 Å². The third kappa shape index (κ3) is 3.89. The molecule has 0 aromatic heterocycles. The zero-order valence-corrected chi connectivity index (χ0v) is 19.3. The van der Waals surface area contributed by atoms with Gasteiger partial charge in [0.2, 0.25) is 0 Å². The van der Waals surface area contributed by atoms with Gasteiger partial charge in [0.05, 0.1) is 25.3 Å². The molecule has 4 amide bonds. The largest absolute Gasteiger partial charge is 0.493 e. The number of hydrogen-bond acceptors (Lipinski definition) is 7. The first-order chi connectivity index (χ1) is 15.6. The minimum absolute atomic E-state index is 0.0902. The Balaban J connectivity index is 1.97. The Morgan fingerprint density at radius 1 is 1.03 bits per heavy atom. The van der Waals surface area contributed by atoms with Gasteiger partial charge in [-0.05, 0) is 43.2 Å². The zero-order valence-electron chi connectivity index (χ0n) is 18.5. The van der Waals surface area contributed by atoms with E-state index in [-0.39, 0.29) is 22.9 Å². The molecule has 10 heteroatoms. The fourth-order valence-corrected chi connectivity index (χ4v) is 5.21. The van der Waals surface area contributed by atoms with Crippen molar-refractivity contribution in [2.24, 2.45) is 0 Å². The van der Waals surface area contributed by atoms with Crippen molar-refractivity contribution in [2.45, 2.75) is 24.9 Å². The van der Waals surface area contributed by atoms with Crippen LogP contribution in [0.25, 0.3) is 0 Å². The molecule has 0 bridgehead atoms. The number of benzene rings is 2. The van der Waals surface area contributed by atoms with E-state index in [1.165, 1.54) is 32.4 Å². The molecule has 0 saturated heterocycles. The third-order valence-corrected chi connectivity index (χ3v) is 6.90. The van der Waals surface area contributed by atoms with Crippen LogP contribution in [0.4, 0.5) is 4.79 Å². The minimum Gasteiger partial charge on any atom is -0.493 e. The Kier molecular flexibility index (Phi) is 5.75. The fourth-order valence-electron chi connectivity index (χ4n) is 4.22. The van der Waals surface area contributed by atoms with E-state index in [1.807, 2.05) is 0 Å². The van der Waals surface area contributed by atoms with Crippen LogP contribution in [-0.2, 0) is 9.84 Å². The molecular weight excluding hydrogens is 448 g/mol. The number of imide groups is 3. The first-order valence-electron chi connectivity index (χ1n) is 10.4. The minimum atomic E-state index is -3.73. The van der Waals surface area contributed by atoms with Gasteiger partial charge in [0.15, 0.2) is 27.4 Å². The first kappa shape index (κ1) is 22.9. The van der Waals surface area contributed by atoms with Gasteiger partial charge in [-0.1, -0.05) is 16.6 Å². The maximum atomic E-state index is 13.8. The first-order valence-corrected chi connectivity index (χ1v) is 12.5. The average Bonchev–Trinajstić information content (AvgIpc) is 3.57. The van der Waals surface area contributed by atoms with Crippen molar-refractivity contribution in [1.29, 1.82) is 0 Å². The molecule has 4 rings (SSSR count). The number of nitrogens with zero attached hydrogens (tertiary/aromatic N) is 1. The highest BCUT2D eigenvalue weighted by Crippen LogP contribution is 2.43. The Hall–Kier alpha value is -3.24. The van der Waals surface area contributed by atoms with Crippen LogP contribution in [0, 0.1) is 0 Å². The fraction of sp³-hybridized carbons (Fsp3) is 0.348. The second kappa shape index (κ2) is 8.27. The molecule has 2 aromatic carbocycles. The molecule has 1 heterocycles. The number of ether oxygens (including phenoxy) is 2. The summed E-state index contributed by atoms with van der Waals surface area (Å²) in [6.45, 7) is 0. The summed E-state index contributed by atoms with van der Waals surface area (Å²) in [4.78, 5) is 41.2. The van der Waals surface area contributed by atoms with Gasteiger partial charge in [-0.3, -0.25) is 0 Å². The summed E-state index contributed by atoms with van der Waals surface area (Å²) in [5, 5.41) is 2.76. The molecule has 1 atom stereocenters. The van der Waals surface area contributed by atoms with E-state index >= 15 is 0 Å². The predicted molar refractivity (Wildman–Crippen MR) is 119 cm³/mol. The Bertz CT molecular complexity index is 1220. The maximum absolute atomic E-state index is 13.8. The predicted octanol–water partition coefficient (Wildman–Crippen LogP) is 2.47. The van der Waals surface area contributed by atoms with Crippen molar-refractivity contribution in [3.8, 4) is 11.5 Å². The van der Waals surface area contributed by atoms with E-state index in [2.05, 4.69) is 5.32 Å². The van der Waals surface area contributed by atoms with Crippen LogP contribution in [0.15, 0.2) is 42.5 Å². The summed E-state index contributed by atoms with van der Waals surface area (Å²) in [5.74, 6) is -1.44. The SMILES string of the molecule is COc1ccc(C(CS(C)(=O)=O)[N+]2(C(=O)NC3CC3)C(=O)c3ccccc3C2=O)cc1OC. The van der Waals surface area contributed by atoms with E-state index in [1.54, 1.807) is 24.3 Å². The number of carbonyl (C=O) groups excluding carboxylic acids is 3. The maximum Gasteiger partial charge on any atom is 0.433 e. The van der Waals surface area contributed by atoms with Crippen LogP contribution >= 0.6 is 0 Å². The van der Waals surface area contributed by atoms with Gasteiger partial charge in [-0.2, -0.15) is 0 Å². The molecule has 1 saturated carbocycles. The van der Waals surface area contributed by atoms with E-state index in [0.717, 1.165) is 19.1 Å². The number of rotatable bonds is 7. The van der Waals surface area contributed by atoms with Crippen molar-refractivity contribution in [3.63, 3.8) is 0 Å². The van der Waals surface area contributed by atoms with E-state index in [0.29, 0.717) is 11.3 Å². The molecular formula is C23H25N2O7S+. The number of nitrogens with one attached hydrogen (secondary N) is 1. The number of urea groups is 1. The van der Waals surface area contributed by atoms with Crippen molar-refractivity contribution in [2.75, 3.05) is 26.2 Å². The Morgan fingerprint density at radius 3 is 2.09 bits per heavy atom. The van der Waals surface area contributed by atoms with E-state index in [9.17, 15) is 22.8 Å². The normalized spacial score (nSPS) is 17.9. The number of sulfone groups is 1. The molecule has 2 aromatic rings. The molecule has 1 N–H and O–H groups in total. The van der Waals surface area contributed by atoms with Gasteiger partial charge >= 0.3 is 17.8 Å². The van der Waals surface area contributed by atoms with E-state index in [4.69, 9.17) is 9.47 Å². The highest BCUT2D eigenvalue weighted by atomic mass is 32.2. The molecule has 33 heavy (non-hydrogen) atoms. The van der Waals surface area contributed by atoms with Gasteiger partial charge in [0.1, 0.15) is 5.75 Å². The summed E-state index contributed by atoms with van der Waals surface area (Å²) in [6, 6.07) is 8.46. The van der Waals surface area contributed by atoms with Crippen molar-refractivity contribution >= 4 is 27.7 Å². The monoisotopic (exact) mass is 473 g/mol. The molecule has 1 aliphatic carbocycles. The summed E-state index contributed by atoms with van der Waals surface area (Å²) in [6.07, 6.45) is 2.47. The molecule has 1 fully saturated rings. The highest BCUT2D eigenvalue weighted by molar-refractivity contribution is 7.90. The smallest absolute Gasteiger partial charge is 0.433 e. The summed E-state index contributed by atoms with van der Waals surface area (Å²) < 4.78 is 34.3. The van der Waals surface area contributed by atoms with Crippen molar-refractivity contribution < 1.29 is 36.8 Å². The Labute approximate surface area is 191 Å². The van der Waals surface area contributed by atoms with Crippen LogP contribution in [0.3, 0.4) is 0 Å². The quantitative estimate of drug-likeness (QED) is 0.485. The molecule has 174 valence electrons. The molecule has 0 radical (unpaired) electrons. The lowest BCUT2D eigenvalue weighted by Crippen LogP contribution is -2.64. The number of hydrogen-bond donors (Lipinski definition) is 1. The number of carbonyl (C=O) groups is 3. The Morgan fingerprint density at radius 2 is 1.61 bits per heavy atom. The second-order valence-corrected chi connectivity index (χ2v) is 10.5. The molecule has 1 aliphatic heterocycles. The second-order valence-electron chi connectivity index (χ2n) is 8.32. The lowest BCUT2D eigenvalue weighted by Gasteiger charge is -2.34. The lowest BCUT2D eigenvalue weighted by atomic mass is 10.0. The van der Waals surface area contributed by atoms with Crippen LogP contribution in [0.2, 0.25) is 0 Å². The molecule has 1 unspecified atom stereocenters. The number of amides is 4. The summed E-state index contributed by atoms with van der Waals surface area (Å²) >= 11 is 0. The van der Waals surface area contributed by atoms with Gasteiger partial charge < -0.3 is 14.8 Å². The van der Waals surface area contributed by atoms with Crippen LogP contribution in [0.5, 0.6) is 11.5 Å². The van der Waals surface area contributed by atoms with Gasteiger partial charge in [-0.25, -0.2) is 22.8 Å². The van der Waals surface area contributed by atoms with Crippen molar-refractivity contribution in [1.82, 2.24) is 5.32 Å². The number of fused-ring (bicyclic) bond motifs is 1.